The molecule has 0 saturated carbocycles. The molecule has 2 unspecified atom stereocenters. The predicted octanol–water partition coefficient (Wildman–Crippen LogP) is 3.88. The summed E-state index contributed by atoms with van der Waals surface area (Å²) in [5.41, 5.74) is 14.2. The van der Waals surface area contributed by atoms with E-state index in [-0.39, 0.29) is 17.5 Å². The van der Waals surface area contributed by atoms with Gasteiger partial charge in [0.2, 0.25) is 5.91 Å². The van der Waals surface area contributed by atoms with Crippen molar-refractivity contribution in [3.05, 3.63) is 58.0 Å². The second kappa shape index (κ2) is 9.80. The molecule has 1 aromatic carbocycles. The Hall–Kier alpha value is -3.11. The summed E-state index contributed by atoms with van der Waals surface area (Å²) in [6.07, 6.45) is 2.52. The number of thioether (sulfide) groups is 1. The van der Waals surface area contributed by atoms with Crippen molar-refractivity contribution in [3.63, 3.8) is 0 Å². The highest BCUT2D eigenvalue weighted by Gasteiger charge is 2.31. The van der Waals surface area contributed by atoms with Gasteiger partial charge in [-0.25, -0.2) is 14.8 Å². The van der Waals surface area contributed by atoms with Gasteiger partial charge in [-0.3, -0.25) is 4.79 Å². The number of nitrogen functional groups attached to an aromatic ring is 2. The van der Waals surface area contributed by atoms with Gasteiger partial charge in [0.05, 0.1) is 17.9 Å². The molecule has 0 spiro atoms. The number of rotatable bonds is 6. The molecule has 0 bridgehead atoms. The van der Waals surface area contributed by atoms with Crippen LogP contribution in [-0.4, -0.2) is 34.2 Å². The minimum Gasteiger partial charge on any atom is -0.465 e. The second-order valence-corrected chi connectivity index (χ2v) is 10.2. The minimum absolute atomic E-state index is 0.240. The van der Waals surface area contributed by atoms with E-state index in [1.165, 1.54) is 30.1 Å². The molecule has 1 aliphatic rings. The van der Waals surface area contributed by atoms with Gasteiger partial charge in [0.25, 0.3) is 0 Å². The van der Waals surface area contributed by atoms with E-state index in [4.69, 9.17) is 16.2 Å². The van der Waals surface area contributed by atoms with Crippen molar-refractivity contribution >= 4 is 51.6 Å². The Kier molecular flexibility index (Phi) is 6.85. The molecule has 0 fully saturated rings. The van der Waals surface area contributed by atoms with E-state index in [1.54, 1.807) is 6.92 Å². The van der Waals surface area contributed by atoms with Crippen molar-refractivity contribution in [2.45, 2.75) is 42.5 Å². The Morgan fingerprint density at radius 2 is 1.91 bits per heavy atom. The zero-order valence-corrected chi connectivity index (χ0v) is 20.0. The molecule has 8 nitrogen and oxygen atoms in total. The highest BCUT2D eigenvalue weighted by atomic mass is 32.2. The summed E-state index contributed by atoms with van der Waals surface area (Å²) in [6.45, 7) is 1.74. The maximum Gasteiger partial charge on any atom is 0.341 e. The van der Waals surface area contributed by atoms with Gasteiger partial charge < -0.3 is 21.5 Å². The van der Waals surface area contributed by atoms with Crippen molar-refractivity contribution < 1.29 is 14.3 Å². The van der Waals surface area contributed by atoms with E-state index in [9.17, 15) is 9.59 Å². The highest BCUT2D eigenvalue weighted by Crippen LogP contribution is 2.43. The normalized spacial score (nSPS) is 16.0. The molecule has 1 amide bonds. The first-order valence-corrected chi connectivity index (χ1v) is 12.2. The summed E-state index contributed by atoms with van der Waals surface area (Å²) in [6, 6.07) is 11.8. The van der Waals surface area contributed by atoms with Gasteiger partial charge >= 0.3 is 5.97 Å². The average Bonchev–Trinajstić information content (AvgIpc) is 3.15. The van der Waals surface area contributed by atoms with E-state index in [0.717, 1.165) is 41.5 Å². The molecule has 2 atom stereocenters. The van der Waals surface area contributed by atoms with Crippen LogP contribution in [0.1, 0.15) is 45.6 Å². The van der Waals surface area contributed by atoms with Crippen molar-refractivity contribution in [1.29, 1.82) is 0 Å². The number of carbonyl (C=O) groups is 2. The molecule has 172 valence electrons. The van der Waals surface area contributed by atoms with Crippen LogP contribution in [0.5, 0.6) is 0 Å². The fourth-order valence-electron chi connectivity index (χ4n) is 3.94. The number of ether oxygens (including phenoxy) is 1. The summed E-state index contributed by atoms with van der Waals surface area (Å²) in [5, 5.41) is 3.23. The molecule has 5 N–H and O–H groups in total. The molecule has 2 heterocycles. The highest BCUT2D eigenvalue weighted by molar-refractivity contribution is 8.00. The molecule has 0 aliphatic heterocycles. The molecule has 4 rings (SSSR count). The van der Waals surface area contributed by atoms with Gasteiger partial charge in [-0.2, -0.15) is 0 Å². The first kappa shape index (κ1) is 23.1. The number of hydrogen-bond acceptors (Lipinski definition) is 9. The molecular formula is C23H25N5O3S2. The average molecular weight is 484 g/mol. The zero-order valence-electron chi connectivity index (χ0n) is 18.3. The SMILES string of the molecule is COC(=O)c1c(NC(=O)C(C)Sc2nc(N)cc(N)n2)sc2c1CCC(c1ccccc1)C2. The summed E-state index contributed by atoms with van der Waals surface area (Å²) < 4.78 is 5.04. The van der Waals surface area contributed by atoms with Crippen LogP contribution in [0.2, 0.25) is 0 Å². The van der Waals surface area contributed by atoms with E-state index >= 15 is 0 Å². The maximum absolute atomic E-state index is 13.0. The van der Waals surface area contributed by atoms with Crippen LogP contribution < -0.4 is 16.8 Å². The maximum atomic E-state index is 13.0. The van der Waals surface area contributed by atoms with E-state index in [1.807, 2.05) is 18.2 Å². The monoisotopic (exact) mass is 483 g/mol. The van der Waals surface area contributed by atoms with Gasteiger partial charge in [0, 0.05) is 10.9 Å². The van der Waals surface area contributed by atoms with Crippen LogP contribution >= 0.6 is 23.1 Å². The van der Waals surface area contributed by atoms with Crippen molar-refractivity contribution in [2.75, 3.05) is 23.9 Å². The largest absolute Gasteiger partial charge is 0.465 e. The standard InChI is InChI=1S/C23H25N5O3S2/c1-12(32-23-26-17(24)11-18(25)27-23)20(29)28-21-19(22(30)31-2)15-9-8-14(10-16(15)33-21)13-6-4-3-5-7-13/h3-7,11-12,14H,8-10H2,1-2H3,(H,28,29)(H4,24,25,26,27). The van der Waals surface area contributed by atoms with E-state index in [2.05, 4.69) is 27.4 Å². The Balaban J connectivity index is 1.55. The number of carbonyl (C=O) groups excluding carboxylic acids is 2. The van der Waals surface area contributed by atoms with Crippen LogP contribution in [0, 0.1) is 0 Å². The number of anilines is 3. The number of fused-ring (bicyclic) bond motifs is 1. The molecule has 2 aromatic heterocycles. The Morgan fingerprint density at radius 1 is 1.21 bits per heavy atom. The van der Waals surface area contributed by atoms with Gasteiger partial charge in [-0.05, 0) is 43.2 Å². The fourth-order valence-corrected chi connectivity index (χ4v) is 6.06. The topological polar surface area (TPSA) is 133 Å². The molecule has 0 radical (unpaired) electrons. The minimum atomic E-state index is -0.534. The van der Waals surface area contributed by atoms with Gasteiger partial charge in [-0.15, -0.1) is 11.3 Å². The number of thiophene rings is 1. The first-order chi connectivity index (χ1) is 15.9. The molecule has 0 saturated heterocycles. The fraction of sp³-hybridized carbons (Fsp3) is 0.304. The lowest BCUT2D eigenvalue weighted by Crippen LogP contribution is -2.23. The second-order valence-electron chi connectivity index (χ2n) is 7.80. The summed E-state index contributed by atoms with van der Waals surface area (Å²) in [5.74, 6) is 0.155. The summed E-state index contributed by atoms with van der Waals surface area (Å²) >= 11 is 2.59. The zero-order chi connectivity index (χ0) is 23.5. The smallest absolute Gasteiger partial charge is 0.341 e. The molecule has 10 heteroatoms. The van der Waals surface area contributed by atoms with Gasteiger partial charge in [0.15, 0.2) is 5.16 Å². The molecule has 1 aliphatic carbocycles. The molecular weight excluding hydrogens is 458 g/mol. The van der Waals surface area contributed by atoms with E-state index in [0.29, 0.717) is 21.6 Å². The Labute approximate surface area is 200 Å². The lowest BCUT2D eigenvalue weighted by Gasteiger charge is -2.22. The third kappa shape index (κ3) is 5.12. The first-order valence-electron chi connectivity index (χ1n) is 10.5. The predicted molar refractivity (Wildman–Crippen MR) is 132 cm³/mol. The van der Waals surface area contributed by atoms with Crippen molar-refractivity contribution in [3.8, 4) is 0 Å². The van der Waals surface area contributed by atoms with Crippen LogP contribution in [-0.2, 0) is 22.4 Å². The van der Waals surface area contributed by atoms with Crippen LogP contribution in [0.4, 0.5) is 16.6 Å². The number of nitrogens with two attached hydrogens (primary N) is 2. The number of nitrogens with one attached hydrogen (secondary N) is 1. The van der Waals surface area contributed by atoms with E-state index < -0.39 is 11.2 Å². The molecule has 33 heavy (non-hydrogen) atoms. The lowest BCUT2D eigenvalue weighted by atomic mass is 9.83. The van der Waals surface area contributed by atoms with Crippen LogP contribution in [0.25, 0.3) is 0 Å². The number of esters is 1. The summed E-state index contributed by atoms with van der Waals surface area (Å²) in [4.78, 5) is 34.9. The quantitative estimate of drug-likeness (QED) is 0.273. The number of methoxy groups -OCH3 is 1. The number of hydrogen-bond donors (Lipinski definition) is 3. The van der Waals surface area contributed by atoms with Crippen molar-refractivity contribution in [1.82, 2.24) is 9.97 Å². The number of amides is 1. The van der Waals surface area contributed by atoms with Gasteiger partial charge in [-0.1, -0.05) is 42.1 Å². The lowest BCUT2D eigenvalue weighted by molar-refractivity contribution is -0.115. The number of nitrogens with zero attached hydrogens (tertiary/aromatic N) is 2. The third-order valence-electron chi connectivity index (χ3n) is 5.56. The Morgan fingerprint density at radius 3 is 2.58 bits per heavy atom. The summed E-state index contributed by atoms with van der Waals surface area (Å²) in [7, 11) is 1.35. The Bertz CT molecular complexity index is 1160. The number of aromatic nitrogens is 2. The third-order valence-corrected chi connectivity index (χ3v) is 7.69. The van der Waals surface area contributed by atoms with Crippen molar-refractivity contribution in [2.24, 2.45) is 0 Å². The number of benzene rings is 1. The van der Waals surface area contributed by atoms with Crippen LogP contribution in [0.15, 0.2) is 41.6 Å². The van der Waals surface area contributed by atoms with Crippen LogP contribution in [0.3, 0.4) is 0 Å². The van der Waals surface area contributed by atoms with Gasteiger partial charge in [0.1, 0.15) is 16.6 Å². The molecule has 3 aromatic rings.